The van der Waals surface area contributed by atoms with E-state index in [0.717, 1.165) is 0 Å². The molecule has 14 heavy (non-hydrogen) atoms. The minimum absolute atomic E-state index is 2.22. The molecule has 2 N–H and O–H groups in total. The Morgan fingerprint density at radius 2 is 1.43 bits per heavy atom. The lowest BCUT2D eigenvalue weighted by atomic mass is 10.3. The highest BCUT2D eigenvalue weighted by atomic mass is 19.4. The van der Waals surface area contributed by atoms with E-state index in [4.69, 9.17) is 10.2 Å². The van der Waals surface area contributed by atoms with Crippen molar-refractivity contribution in [3.63, 3.8) is 0 Å². The molecule has 0 aromatic heterocycles. The summed E-state index contributed by atoms with van der Waals surface area (Å²) in [6, 6.07) is 0. The lowest BCUT2D eigenvalue weighted by molar-refractivity contribution is -0.430. The maximum atomic E-state index is 12.0. The zero-order chi connectivity index (χ0) is 11.8. The van der Waals surface area contributed by atoms with E-state index in [2.05, 4.69) is 4.74 Å². The summed E-state index contributed by atoms with van der Waals surface area (Å²) in [6.45, 7) is 0. The van der Waals surface area contributed by atoms with Crippen LogP contribution in [-0.2, 0) is 4.74 Å². The van der Waals surface area contributed by atoms with Crippen molar-refractivity contribution in [3.05, 3.63) is 0 Å². The fourth-order valence-corrected chi connectivity index (χ4v) is 0.349. The van der Waals surface area contributed by atoms with E-state index in [1.807, 2.05) is 0 Å². The SMILES string of the molecule is O=C(O)OC(F)(F)C(F)(F)C(O)(F)F. The van der Waals surface area contributed by atoms with Gasteiger partial charge >= 0.3 is 24.3 Å². The molecule has 0 heterocycles. The second kappa shape index (κ2) is 3.19. The minimum atomic E-state index is -6.35. The molecule has 0 unspecified atom stereocenters. The van der Waals surface area contributed by atoms with Gasteiger partial charge in [-0.05, 0) is 0 Å². The van der Waals surface area contributed by atoms with Gasteiger partial charge in [0.1, 0.15) is 0 Å². The molecule has 0 saturated heterocycles. The third kappa shape index (κ3) is 2.19. The number of halogens is 6. The summed E-state index contributed by atoms with van der Waals surface area (Å²) in [5.74, 6) is -6.35. The van der Waals surface area contributed by atoms with Crippen LogP contribution in [0, 0.1) is 0 Å². The molecule has 10 heteroatoms. The largest absolute Gasteiger partial charge is 0.510 e. The van der Waals surface area contributed by atoms with Gasteiger partial charge in [0.15, 0.2) is 0 Å². The smallest absolute Gasteiger partial charge is 0.450 e. The molecule has 0 radical (unpaired) electrons. The fourth-order valence-electron chi connectivity index (χ4n) is 0.349. The predicted molar refractivity (Wildman–Crippen MR) is 26.2 cm³/mol. The number of rotatable bonds is 3. The van der Waals surface area contributed by atoms with Gasteiger partial charge < -0.3 is 14.9 Å². The number of hydrogen-bond acceptors (Lipinski definition) is 3. The van der Waals surface area contributed by atoms with Gasteiger partial charge in [-0.25, -0.2) is 4.79 Å². The van der Waals surface area contributed by atoms with Crippen molar-refractivity contribution in [2.75, 3.05) is 0 Å². The van der Waals surface area contributed by atoms with Crippen LogP contribution in [-0.4, -0.2) is 34.5 Å². The lowest BCUT2D eigenvalue weighted by Gasteiger charge is -2.26. The molecule has 0 spiro atoms. The molecule has 0 aromatic carbocycles. The van der Waals surface area contributed by atoms with Gasteiger partial charge in [-0.2, -0.15) is 26.3 Å². The average Bonchev–Trinajstić information content (AvgIpc) is 1.80. The summed E-state index contributed by atoms with van der Waals surface area (Å²) in [4.78, 5) is 9.43. The summed E-state index contributed by atoms with van der Waals surface area (Å²) in [5, 5.41) is 14.9. The quantitative estimate of drug-likeness (QED) is 0.567. The zero-order valence-corrected chi connectivity index (χ0v) is 5.98. The van der Waals surface area contributed by atoms with E-state index >= 15 is 0 Å². The molecule has 0 bridgehead atoms. The number of alkyl halides is 6. The van der Waals surface area contributed by atoms with Gasteiger partial charge in [-0.15, -0.1) is 0 Å². The number of carboxylic acid groups (broad SMARTS) is 1. The van der Waals surface area contributed by atoms with Crippen LogP contribution in [0.4, 0.5) is 31.1 Å². The van der Waals surface area contributed by atoms with E-state index in [1.165, 1.54) is 0 Å². The molecule has 84 valence electrons. The Morgan fingerprint density at radius 3 is 1.64 bits per heavy atom. The van der Waals surface area contributed by atoms with Crippen molar-refractivity contribution < 1.29 is 46.1 Å². The van der Waals surface area contributed by atoms with Crippen LogP contribution in [0.1, 0.15) is 0 Å². The van der Waals surface area contributed by atoms with E-state index < -0.39 is 24.3 Å². The number of ether oxygens (including phenoxy) is 1. The van der Waals surface area contributed by atoms with Crippen molar-refractivity contribution in [2.24, 2.45) is 0 Å². The average molecular weight is 228 g/mol. The van der Waals surface area contributed by atoms with Crippen molar-refractivity contribution in [1.29, 1.82) is 0 Å². The van der Waals surface area contributed by atoms with Gasteiger partial charge in [0.2, 0.25) is 0 Å². The zero-order valence-electron chi connectivity index (χ0n) is 5.98. The van der Waals surface area contributed by atoms with Gasteiger partial charge in [-0.3, -0.25) is 0 Å². The van der Waals surface area contributed by atoms with E-state index in [9.17, 15) is 31.1 Å². The van der Waals surface area contributed by atoms with Crippen LogP contribution in [0.15, 0.2) is 0 Å². The lowest BCUT2D eigenvalue weighted by Crippen LogP contribution is -2.55. The second-order valence-corrected chi connectivity index (χ2v) is 2.00. The van der Waals surface area contributed by atoms with Crippen molar-refractivity contribution in [3.8, 4) is 0 Å². The molecule has 0 aliphatic heterocycles. The van der Waals surface area contributed by atoms with E-state index in [-0.39, 0.29) is 0 Å². The third-order valence-electron chi connectivity index (χ3n) is 0.959. The van der Waals surface area contributed by atoms with Crippen LogP contribution < -0.4 is 0 Å². The van der Waals surface area contributed by atoms with Gasteiger partial charge in [0.05, 0.1) is 0 Å². The Bertz CT molecular complexity index is 232. The first-order chi connectivity index (χ1) is 5.92. The molecule has 0 atom stereocenters. The summed E-state index contributed by atoms with van der Waals surface area (Å²) < 4.78 is 73.0. The maximum absolute atomic E-state index is 12.0. The summed E-state index contributed by atoms with van der Waals surface area (Å²) in [6.07, 6.45) is -15.0. The highest BCUT2D eigenvalue weighted by Crippen LogP contribution is 2.44. The number of aliphatic hydroxyl groups is 1. The Morgan fingerprint density at radius 1 is 1.07 bits per heavy atom. The second-order valence-electron chi connectivity index (χ2n) is 2.00. The monoisotopic (exact) mass is 228 g/mol. The molecule has 4 nitrogen and oxygen atoms in total. The van der Waals surface area contributed by atoms with Crippen LogP contribution in [0.25, 0.3) is 0 Å². The molecular weight excluding hydrogens is 226 g/mol. The topological polar surface area (TPSA) is 66.8 Å². The van der Waals surface area contributed by atoms with Crippen LogP contribution in [0.2, 0.25) is 0 Å². The molecule has 0 aliphatic rings. The highest BCUT2D eigenvalue weighted by Gasteiger charge is 2.75. The molecule has 0 amide bonds. The Balaban J connectivity index is 4.97. The minimum Gasteiger partial charge on any atom is -0.450 e. The molecule has 0 aromatic rings. The first kappa shape index (κ1) is 12.8. The standard InChI is InChI=1S/C4H2F6O4/c5-2(6,3(7,8)13)4(9,10)14-1(11)12/h13H,(H,11,12). The summed E-state index contributed by atoms with van der Waals surface area (Å²) >= 11 is 0. The van der Waals surface area contributed by atoms with Gasteiger partial charge in [-0.1, -0.05) is 0 Å². The van der Waals surface area contributed by atoms with E-state index in [0.29, 0.717) is 0 Å². The van der Waals surface area contributed by atoms with Crippen LogP contribution in [0.5, 0.6) is 0 Å². The molecule has 0 saturated carbocycles. The van der Waals surface area contributed by atoms with Gasteiger partial charge in [0.25, 0.3) is 0 Å². The number of carbonyl (C=O) groups is 1. The molecule has 0 aliphatic carbocycles. The van der Waals surface area contributed by atoms with Gasteiger partial charge in [0, 0.05) is 0 Å². The predicted octanol–water partition coefficient (Wildman–Crippen LogP) is 1.49. The highest BCUT2D eigenvalue weighted by molar-refractivity contribution is 5.57. The number of hydrogen-bond donors (Lipinski definition) is 2. The fraction of sp³-hybridized carbons (Fsp3) is 0.750. The molecular formula is C4H2F6O4. The van der Waals surface area contributed by atoms with Crippen molar-refractivity contribution in [1.82, 2.24) is 0 Å². The third-order valence-corrected chi connectivity index (χ3v) is 0.959. The van der Waals surface area contributed by atoms with E-state index in [1.54, 1.807) is 0 Å². The summed E-state index contributed by atoms with van der Waals surface area (Å²) in [7, 11) is 0. The Hall–Kier alpha value is -1.19. The summed E-state index contributed by atoms with van der Waals surface area (Å²) in [5.41, 5.74) is 0. The Labute approximate surface area is 71.7 Å². The van der Waals surface area contributed by atoms with Crippen molar-refractivity contribution in [2.45, 2.75) is 18.1 Å². The molecule has 0 rings (SSSR count). The van der Waals surface area contributed by atoms with Crippen LogP contribution in [0.3, 0.4) is 0 Å². The first-order valence-electron chi connectivity index (χ1n) is 2.69. The first-order valence-corrected chi connectivity index (χ1v) is 2.69. The van der Waals surface area contributed by atoms with Crippen LogP contribution >= 0.6 is 0 Å². The maximum Gasteiger partial charge on any atom is 0.510 e. The molecule has 0 fully saturated rings. The Kier molecular flexibility index (Phi) is 2.92. The van der Waals surface area contributed by atoms with Crippen molar-refractivity contribution >= 4 is 6.16 Å². The normalized spacial score (nSPS) is 13.9.